The lowest BCUT2D eigenvalue weighted by Gasteiger charge is -2.43. The predicted octanol–water partition coefficient (Wildman–Crippen LogP) is 2.56. The number of hydrogen-bond acceptors (Lipinski definition) is 8. The van der Waals surface area contributed by atoms with Crippen molar-refractivity contribution in [1.82, 2.24) is 25.0 Å². The number of rotatable bonds is 7. The monoisotopic (exact) mass is 529 g/mol. The smallest absolute Gasteiger partial charge is 0.237 e. The van der Waals surface area contributed by atoms with Crippen LogP contribution in [0.4, 0.5) is 4.39 Å². The number of ketones is 1. The van der Waals surface area contributed by atoms with E-state index in [4.69, 9.17) is 4.74 Å². The summed E-state index contributed by atoms with van der Waals surface area (Å²) in [6.07, 6.45) is 2.00. The number of aromatic nitrogens is 1. The molecule has 0 unspecified atom stereocenters. The molecule has 1 aromatic carbocycles. The van der Waals surface area contributed by atoms with E-state index < -0.39 is 0 Å². The molecule has 3 aliphatic rings. The van der Waals surface area contributed by atoms with Crippen molar-refractivity contribution in [3.8, 4) is 0 Å². The molecule has 0 bridgehead atoms. The Morgan fingerprint density at radius 1 is 1.19 bits per heavy atom. The van der Waals surface area contributed by atoms with Crippen LogP contribution in [0, 0.1) is 5.82 Å². The maximum Gasteiger partial charge on any atom is 0.237 e. The van der Waals surface area contributed by atoms with Gasteiger partial charge in [-0.1, -0.05) is 0 Å². The van der Waals surface area contributed by atoms with Gasteiger partial charge in [-0.3, -0.25) is 19.4 Å². The Labute approximate surface area is 221 Å². The van der Waals surface area contributed by atoms with Crippen LogP contribution in [-0.4, -0.2) is 102 Å². The zero-order chi connectivity index (χ0) is 25.9. The second-order valence-corrected chi connectivity index (χ2v) is 11.4. The normalized spacial score (nSPS) is 27.5. The molecule has 0 aliphatic carbocycles. The predicted molar refractivity (Wildman–Crippen MR) is 140 cm³/mol. The Hall–Kier alpha value is -2.24. The first kappa shape index (κ1) is 26.4. The van der Waals surface area contributed by atoms with Crippen LogP contribution in [0.25, 0.3) is 0 Å². The highest BCUT2D eigenvalue weighted by molar-refractivity contribution is 7.10. The van der Waals surface area contributed by atoms with Crippen LogP contribution in [0.15, 0.2) is 29.6 Å². The first-order valence-electron chi connectivity index (χ1n) is 13.2. The average molecular weight is 530 g/mol. The van der Waals surface area contributed by atoms with E-state index in [0.29, 0.717) is 30.4 Å². The molecule has 1 N–H and O–H groups in total. The van der Waals surface area contributed by atoms with Crippen LogP contribution in [-0.2, 0) is 9.53 Å². The first-order chi connectivity index (χ1) is 17.9. The number of nitrogens with one attached hydrogen (secondary N) is 1. The molecule has 5 rings (SSSR count). The Kier molecular flexibility index (Phi) is 8.31. The molecule has 200 valence electrons. The number of carbonyl (C=O) groups excluding carboxylic acids is 2. The summed E-state index contributed by atoms with van der Waals surface area (Å²) in [5.74, 6) is -0.483. The molecule has 8 nitrogen and oxygen atoms in total. The topological polar surface area (TPSA) is 78.0 Å². The SMILES string of the molecule is C[C@@H]1CN(CC(=O)N2CCC[C@H]2c2nc(C(=O)c3ccc(F)cc3)cs2)[C@@H](CN2CCO[C@@H](C)C2)CN1. The first-order valence-corrected chi connectivity index (χ1v) is 14.1. The Morgan fingerprint density at radius 3 is 2.78 bits per heavy atom. The number of benzene rings is 1. The summed E-state index contributed by atoms with van der Waals surface area (Å²) in [5, 5.41) is 6.13. The molecule has 10 heteroatoms. The fourth-order valence-corrected chi connectivity index (χ4v) is 6.59. The van der Waals surface area contributed by atoms with Crippen molar-refractivity contribution >= 4 is 23.0 Å². The minimum Gasteiger partial charge on any atom is -0.376 e. The standard InChI is InChI=1S/C27H36FN5O3S/c1-18-13-32(22(12-29-18)15-31-10-11-36-19(2)14-31)16-25(34)33-9-3-4-24(33)27-30-23(17-37-27)26(35)20-5-7-21(28)8-6-20/h5-8,17-19,22,24,29H,3-4,9-16H2,1-2H3/t18-,19+,22-,24+/m1/s1. The number of amides is 1. The van der Waals surface area contributed by atoms with Gasteiger partial charge in [0.05, 0.1) is 25.3 Å². The maximum absolute atomic E-state index is 13.6. The van der Waals surface area contributed by atoms with Crippen LogP contribution in [0.2, 0.25) is 0 Å². The number of ether oxygens (including phenoxy) is 1. The zero-order valence-corrected chi connectivity index (χ0v) is 22.4. The molecule has 3 aliphatic heterocycles. The molecular weight excluding hydrogens is 493 g/mol. The summed E-state index contributed by atoms with van der Waals surface area (Å²) in [6.45, 7) is 10.6. The van der Waals surface area contributed by atoms with Gasteiger partial charge in [-0.05, 0) is 51.0 Å². The van der Waals surface area contributed by atoms with Crippen LogP contribution >= 0.6 is 11.3 Å². The van der Waals surface area contributed by atoms with E-state index in [-0.39, 0.29) is 35.7 Å². The van der Waals surface area contributed by atoms with Crippen molar-refractivity contribution in [2.45, 2.75) is 50.9 Å². The molecule has 1 aromatic heterocycles. The molecule has 3 fully saturated rings. The lowest BCUT2D eigenvalue weighted by atomic mass is 10.1. The van der Waals surface area contributed by atoms with E-state index in [0.717, 1.165) is 57.2 Å². The summed E-state index contributed by atoms with van der Waals surface area (Å²) < 4.78 is 19.0. The van der Waals surface area contributed by atoms with Gasteiger partial charge in [0.25, 0.3) is 0 Å². The van der Waals surface area contributed by atoms with Gasteiger partial charge in [0.1, 0.15) is 16.5 Å². The highest BCUT2D eigenvalue weighted by Gasteiger charge is 2.36. The van der Waals surface area contributed by atoms with Gasteiger partial charge in [-0.2, -0.15) is 0 Å². The molecule has 37 heavy (non-hydrogen) atoms. The molecule has 3 saturated heterocycles. The fraction of sp³-hybridized carbons (Fsp3) is 0.593. The minimum absolute atomic E-state index is 0.105. The zero-order valence-electron chi connectivity index (χ0n) is 21.6. The number of piperazine rings is 1. The number of likely N-dealkylation sites (tertiary alicyclic amines) is 1. The van der Waals surface area contributed by atoms with Gasteiger partial charge in [0.2, 0.25) is 11.7 Å². The molecule has 0 saturated carbocycles. The fourth-order valence-electron chi connectivity index (χ4n) is 5.64. The number of carbonyl (C=O) groups is 2. The Balaban J connectivity index is 1.24. The highest BCUT2D eigenvalue weighted by atomic mass is 32.1. The molecule has 4 atom stereocenters. The number of morpholine rings is 1. The molecule has 1 amide bonds. The van der Waals surface area contributed by atoms with Crippen molar-refractivity contribution in [1.29, 1.82) is 0 Å². The Morgan fingerprint density at radius 2 is 2.00 bits per heavy atom. The molecular formula is C27H36FN5O3S. The lowest BCUT2D eigenvalue weighted by Crippen LogP contribution is -2.61. The van der Waals surface area contributed by atoms with E-state index in [2.05, 4.69) is 33.9 Å². The minimum atomic E-state index is -0.378. The van der Waals surface area contributed by atoms with Gasteiger partial charge < -0.3 is 15.0 Å². The van der Waals surface area contributed by atoms with Crippen LogP contribution in [0.1, 0.15) is 53.8 Å². The Bertz CT molecular complexity index is 1100. The molecule has 2 aromatic rings. The quantitative estimate of drug-likeness (QED) is 0.553. The van der Waals surface area contributed by atoms with E-state index >= 15 is 0 Å². The number of nitrogens with zero attached hydrogens (tertiary/aromatic N) is 4. The van der Waals surface area contributed by atoms with Crippen molar-refractivity contribution in [2.24, 2.45) is 0 Å². The van der Waals surface area contributed by atoms with Gasteiger partial charge >= 0.3 is 0 Å². The summed E-state index contributed by atoms with van der Waals surface area (Å²) in [4.78, 5) is 37.8. The molecule has 4 heterocycles. The van der Waals surface area contributed by atoms with E-state index in [9.17, 15) is 14.0 Å². The molecule has 0 radical (unpaired) electrons. The third-order valence-electron chi connectivity index (χ3n) is 7.58. The second kappa shape index (κ2) is 11.7. The van der Waals surface area contributed by atoms with E-state index in [1.165, 1.54) is 35.6 Å². The third kappa shape index (κ3) is 6.26. The number of halogens is 1. The summed E-state index contributed by atoms with van der Waals surface area (Å²) >= 11 is 1.42. The van der Waals surface area contributed by atoms with Crippen molar-refractivity contribution in [3.05, 3.63) is 51.7 Å². The van der Waals surface area contributed by atoms with E-state index in [1.54, 1.807) is 5.38 Å². The van der Waals surface area contributed by atoms with Crippen LogP contribution < -0.4 is 5.32 Å². The van der Waals surface area contributed by atoms with Gasteiger partial charge in [0.15, 0.2) is 0 Å². The highest BCUT2D eigenvalue weighted by Crippen LogP contribution is 2.34. The summed E-state index contributed by atoms with van der Waals surface area (Å²) in [6, 6.07) is 6.01. The van der Waals surface area contributed by atoms with Crippen LogP contribution in [0.5, 0.6) is 0 Å². The second-order valence-electron chi connectivity index (χ2n) is 10.5. The van der Waals surface area contributed by atoms with Crippen molar-refractivity contribution < 1.29 is 18.7 Å². The summed E-state index contributed by atoms with van der Waals surface area (Å²) in [7, 11) is 0. The number of thiazole rings is 1. The van der Waals surface area contributed by atoms with E-state index in [1.807, 2.05) is 4.90 Å². The average Bonchev–Trinajstić information content (AvgIpc) is 3.56. The van der Waals surface area contributed by atoms with Crippen molar-refractivity contribution in [3.63, 3.8) is 0 Å². The van der Waals surface area contributed by atoms with Gasteiger partial charge in [0, 0.05) is 62.3 Å². The third-order valence-corrected chi connectivity index (χ3v) is 8.52. The summed E-state index contributed by atoms with van der Waals surface area (Å²) in [5.41, 5.74) is 0.757. The van der Waals surface area contributed by atoms with Crippen molar-refractivity contribution in [2.75, 3.05) is 52.4 Å². The molecule has 0 spiro atoms. The maximum atomic E-state index is 13.6. The van der Waals surface area contributed by atoms with Gasteiger partial charge in [-0.25, -0.2) is 9.37 Å². The largest absolute Gasteiger partial charge is 0.376 e. The van der Waals surface area contributed by atoms with Gasteiger partial charge in [-0.15, -0.1) is 11.3 Å². The van der Waals surface area contributed by atoms with Crippen LogP contribution in [0.3, 0.4) is 0 Å². The number of hydrogen-bond donors (Lipinski definition) is 1. The lowest BCUT2D eigenvalue weighted by molar-refractivity contribution is -0.134.